The second-order valence-electron chi connectivity index (χ2n) is 5.88. The molecule has 25 heavy (non-hydrogen) atoms. The van der Waals surface area contributed by atoms with Gasteiger partial charge in [0, 0.05) is 6.07 Å². The molecule has 2 aromatic carbocycles. The topological polar surface area (TPSA) is 101 Å². The second-order valence-corrected chi connectivity index (χ2v) is 7.98. The van der Waals surface area contributed by atoms with E-state index < -0.39 is 21.6 Å². The lowest BCUT2D eigenvalue weighted by atomic mass is 10.0. The molecule has 2 aromatic rings. The van der Waals surface area contributed by atoms with E-state index >= 15 is 0 Å². The molecule has 0 saturated carbocycles. The minimum atomic E-state index is -3.49. The highest BCUT2D eigenvalue weighted by atomic mass is 32.2. The molecular formula is C18H20O6S. The summed E-state index contributed by atoms with van der Waals surface area (Å²) in [6.45, 7) is 3.95. The Morgan fingerprint density at radius 1 is 1.12 bits per heavy atom. The maximum Gasteiger partial charge on any atom is 0.339 e. The summed E-state index contributed by atoms with van der Waals surface area (Å²) >= 11 is 0. The molecule has 2 rings (SSSR count). The van der Waals surface area contributed by atoms with Gasteiger partial charge in [-0.1, -0.05) is 26.0 Å². The molecule has 0 amide bonds. The molecule has 0 aromatic heterocycles. The molecule has 6 nitrogen and oxygen atoms in total. The Morgan fingerprint density at radius 2 is 1.76 bits per heavy atom. The van der Waals surface area contributed by atoms with Gasteiger partial charge in [-0.15, -0.1) is 0 Å². The Labute approximate surface area is 146 Å². The first-order valence-corrected chi connectivity index (χ1v) is 9.38. The van der Waals surface area contributed by atoms with E-state index in [1.165, 1.54) is 12.1 Å². The van der Waals surface area contributed by atoms with E-state index in [4.69, 9.17) is 9.84 Å². The van der Waals surface area contributed by atoms with Crippen LogP contribution >= 0.6 is 0 Å². The second kappa shape index (κ2) is 7.57. The molecule has 0 heterocycles. The van der Waals surface area contributed by atoms with E-state index in [0.717, 1.165) is 11.6 Å². The molecule has 7 heteroatoms. The number of aromatic carboxylic acids is 1. The van der Waals surface area contributed by atoms with E-state index in [9.17, 15) is 18.3 Å². The Hall–Kier alpha value is -2.54. The number of hydrogen-bond acceptors (Lipinski definition) is 5. The number of hydrogen-bond donors (Lipinski definition) is 2. The van der Waals surface area contributed by atoms with Gasteiger partial charge in [0.2, 0.25) is 0 Å². The highest BCUT2D eigenvalue weighted by molar-refractivity contribution is 7.91. The summed E-state index contributed by atoms with van der Waals surface area (Å²) in [7, 11) is -3.49. The molecular weight excluding hydrogens is 344 g/mol. The summed E-state index contributed by atoms with van der Waals surface area (Å²) in [6.07, 6.45) is 0. The van der Waals surface area contributed by atoms with Crippen LogP contribution in [0.2, 0.25) is 0 Å². The van der Waals surface area contributed by atoms with Crippen LogP contribution in [0.5, 0.6) is 11.5 Å². The molecule has 0 aliphatic rings. The zero-order valence-electron chi connectivity index (χ0n) is 14.0. The third-order valence-electron chi connectivity index (χ3n) is 3.73. The van der Waals surface area contributed by atoms with Crippen molar-refractivity contribution in [2.45, 2.75) is 24.7 Å². The minimum Gasteiger partial charge on any atom is -0.507 e. The van der Waals surface area contributed by atoms with Crippen LogP contribution in [0.4, 0.5) is 0 Å². The van der Waals surface area contributed by atoms with Gasteiger partial charge in [-0.25, -0.2) is 13.2 Å². The van der Waals surface area contributed by atoms with Gasteiger partial charge in [0.15, 0.2) is 9.84 Å². The SMILES string of the molecule is CC(C)c1ccc(S(=O)(=O)CCOc2ccc(C(=O)O)c(O)c2)cc1. The Bertz CT molecular complexity index is 854. The van der Waals surface area contributed by atoms with Gasteiger partial charge in [0.1, 0.15) is 23.7 Å². The van der Waals surface area contributed by atoms with Crippen molar-refractivity contribution in [1.29, 1.82) is 0 Å². The van der Waals surface area contributed by atoms with Gasteiger partial charge in [-0.3, -0.25) is 0 Å². The number of rotatable bonds is 7. The number of aromatic hydroxyl groups is 1. The van der Waals surface area contributed by atoms with Crippen molar-refractivity contribution >= 4 is 15.8 Å². The summed E-state index contributed by atoms with van der Waals surface area (Å²) in [5.74, 6) is -1.39. The predicted molar refractivity (Wildman–Crippen MR) is 93.1 cm³/mol. The summed E-state index contributed by atoms with van der Waals surface area (Å²) in [4.78, 5) is 11.0. The summed E-state index contributed by atoms with van der Waals surface area (Å²) in [5, 5.41) is 18.4. The van der Waals surface area contributed by atoms with Crippen LogP contribution in [0.3, 0.4) is 0 Å². The lowest BCUT2D eigenvalue weighted by molar-refractivity contribution is 0.0693. The van der Waals surface area contributed by atoms with Crippen LogP contribution in [-0.4, -0.2) is 37.0 Å². The zero-order chi connectivity index (χ0) is 18.6. The number of carboxylic acid groups (broad SMARTS) is 1. The van der Waals surface area contributed by atoms with Gasteiger partial charge in [-0.2, -0.15) is 0 Å². The number of carbonyl (C=O) groups is 1. The number of ether oxygens (including phenoxy) is 1. The van der Waals surface area contributed by atoms with Crippen LogP contribution < -0.4 is 4.74 Å². The van der Waals surface area contributed by atoms with E-state index in [0.29, 0.717) is 5.92 Å². The maximum atomic E-state index is 12.3. The van der Waals surface area contributed by atoms with Crippen molar-refractivity contribution in [3.8, 4) is 11.5 Å². The van der Waals surface area contributed by atoms with Crippen molar-refractivity contribution in [2.24, 2.45) is 0 Å². The van der Waals surface area contributed by atoms with Crippen molar-refractivity contribution in [3.63, 3.8) is 0 Å². The molecule has 0 spiro atoms. The smallest absolute Gasteiger partial charge is 0.339 e. The number of benzene rings is 2. The molecule has 0 bridgehead atoms. The highest BCUT2D eigenvalue weighted by Gasteiger charge is 2.16. The maximum absolute atomic E-state index is 12.3. The van der Waals surface area contributed by atoms with E-state index in [1.54, 1.807) is 24.3 Å². The molecule has 0 atom stereocenters. The van der Waals surface area contributed by atoms with Crippen molar-refractivity contribution in [3.05, 3.63) is 53.6 Å². The van der Waals surface area contributed by atoms with Crippen molar-refractivity contribution in [2.75, 3.05) is 12.4 Å². The van der Waals surface area contributed by atoms with Crippen LogP contribution in [0.15, 0.2) is 47.4 Å². The molecule has 0 fully saturated rings. The summed E-state index contributed by atoms with van der Waals surface area (Å²) < 4.78 is 29.9. The summed E-state index contributed by atoms with van der Waals surface area (Å²) in [5.41, 5.74) is 0.814. The Morgan fingerprint density at radius 3 is 2.28 bits per heavy atom. The summed E-state index contributed by atoms with van der Waals surface area (Å²) in [6, 6.07) is 10.5. The molecule has 134 valence electrons. The average molecular weight is 364 g/mol. The Kier molecular flexibility index (Phi) is 5.69. The Balaban J connectivity index is 2.00. The van der Waals surface area contributed by atoms with E-state index in [2.05, 4.69) is 0 Å². The molecule has 2 N–H and O–H groups in total. The first kappa shape index (κ1) is 18.8. The predicted octanol–water partition coefficient (Wildman–Crippen LogP) is 3.07. The molecule has 0 saturated heterocycles. The zero-order valence-corrected chi connectivity index (χ0v) is 14.8. The van der Waals surface area contributed by atoms with Crippen LogP contribution in [0, 0.1) is 0 Å². The first-order chi connectivity index (χ1) is 11.7. The lowest BCUT2D eigenvalue weighted by Gasteiger charge is -2.10. The average Bonchev–Trinajstić information content (AvgIpc) is 2.54. The van der Waals surface area contributed by atoms with Crippen LogP contribution in [0.1, 0.15) is 35.7 Å². The molecule has 0 aliphatic heterocycles. The van der Waals surface area contributed by atoms with E-state index in [-0.39, 0.29) is 28.6 Å². The fourth-order valence-corrected chi connectivity index (χ4v) is 3.32. The fraction of sp³-hybridized carbons (Fsp3) is 0.278. The molecule has 0 unspecified atom stereocenters. The number of phenols is 1. The molecule has 0 radical (unpaired) electrons. The van der Waals surface area contributed by atoms with Gasteiger partial charge < -0.3 is 14.9 Å². The van der Waals surface area contributed by atoms with Crippen LogP contribution in [0.25, 0.3) is 0 Å². The third kappa shape index (κ3) is 4.73. The van der Waals surface area contributed by atoms with Gasteiger partial charge in [-0.05, 0) is 35.7 Å². The van der Waals surface area contributed by atoms with Gasteiger partial charge >= 0.3 is 5.97 Å². The van der Waals surface area contributed by atoms with Gasteiger partial charge in [0.25, 0.3) is 0 Å². The minimum absolute atomic E-state index is 0.111. The van der Waals surface area contributed by atoms with Crippen LogP contribution in [-0.2, 0) is 9.84 Å². The lowest BCUT2D eigenvalue weighted by Crippen LogP contribution is -2.14. The number of sulfone groups is 1. The van der Waals surface area contributed by atoms with Crippen molar-refractivity contribution in [1.82, 2.24) is 0 Å². The largest absolute Gasteiger partial charge is 0.507 e. The standard InChI is InChI=1S/C18H20O6S/c1-12(2)13-3-6-15(7-4-13)25(22,23)10-9-24-14-5-8-16(18(20)21)17(19)11-14/h3-8,11-12,19H,9-10H2,1-2H3,(H,20,21). The van der Waals surface area contributed by atoms with Crippen molar-refractivity contribution < 1.29 is 28.2 Å². The fourth-order valence-electron chi connectivity index (χ4n) is 2.23. The monoisotopic (exact) mass is 364 g/mol. The first-order valence-electron chi connectivity index (χ1n) is 7.72. The third-order valence-corrected chi connectivity index (χ3v) is 5.42. The highest BCUT2D eigenvalue weighted by Crippen LogP contribution is 2.24. The normalized spacial score (nSPS) is 11.5. The molecule has 0 aliphatic carbocycles. The van der Waals surface area contributed by atoms with Gasteiger partial charge in [0.05, 0.1) is 10.6 Å². The quantitative estimate of drug-likeness (QED) is 0.783. The van der Waals surface area contributed by atoms with E-state index in [1.807, 2.05) is 13.8 Å². The number of carboxylic acids is 1.